The second-order valence-electron chi connectivity index (χ2n) is 6.57. The highest BCUT2D eigenvalue weighted by molar-refractivity contribution is 6.36. The van der Waals surface area contributed by atoms with E-state index < -0.39 is 17.8 Å². The van der Waals surface area contributed by atoms with Gasteiger partial charge < -0.3 is 10.2 Å². The summed E-state index contributed by atoms with van der Waals surface area (Å²) < 4.78 is 14.2. The second kappa shape index (κ2) is 10.8. The van der Waals surface area contributed by atoms with E-state index in [1.165, 1.54) is 23.1 Å². The van der Waals surface area contributed by atoms with Crippen molar-refractivity contribution in [3.63, 3.8) is 0 Å². The van der Waals surface area contributed by atoms with E-state index in [4.69, 9.17) is 34.8 Å². The number of carbonyl (C=O) groups is 2. The Hall–Kier alpha value is -1.82. The van der Waals surface area contributed by atoms with E-state index in [0.29, 0.717) is 22.2 Å². The molecule has 4 nitrogen and oxygen atoms in total. The summed E-state index contributed by atoms with van der Waals surface area (Å²) in [4.78, 5) is 27.0. The van der Waals surface area contributed by atoms with Crippen LogP contribution in [0.4, 0.5) is 4.39 Å². The second-order valence-corrected chi connectivity index (χ2v) is 7.79. The standard InChI is InChI=1S/C21H22Cl3FN2O2/c1-3-10-26-21(29)13(2)27(12-15-17(23)6-4-7-18(15)24)20(28)11-14-16(22)8-5-9-19(14)25/h4-9,13H,3,10-12H2,1-2H3,(H,26,29)/t13-/m0/s1. The van der Waals surface area contributed by atoms with Crippen LogP contribution in [0.5, 0.6) is 0 Å². The van der Waals surface area contributed by atoms with Gasteiger partial charge in [0.05, 0.1) is 6.42 Å². The lowest BCUT2D eigenvalue weighted by Crippen LogP contribution is -2.48. The Balaban J connectivity index is 2.35. The Bertz CT molecular complexity index is 852. The van der Waals surface area contributed by atoms with Crippen LogP contribution in [0.3, 0.4) is 0 Å². The van der Waals surface area contributed by atoms with Gasteiger partial charge in [-0.25, -0.2) is 4.39 Å². The lowest BCUT2D eigenvalue weighted by Gasteiger charge is -2.29. The van der Waals surface area contributed by atoms with E-state index >= 15 is 0 Å². The van der Waals surface area contributed by atoms with Gasteiger partial charge in [0.1, 0.15) is 11.9 Å². The van der Waals surface area contributed by atoms with Gasteiger partial charge in [0.2, 0.25) is 11.8 Å². The molecule has 0 aliphatic rings. The fourth-order valence-electron chi connectivity index (χ4n) is 2.79. The molecular formula is C21H22Cl3FN2O2. The summed E-state index contributed by atoms with van der Waals surface area (Å²) in [6.07, 6.45) is 0.465. The first-order valence-corrected chi connectivity index (χ1v) is 10.3. The van der Waals surface area contributed by atoms with Gasteiger partial charge in [0.25, 0.3) is 0 Å². The Morgan fingerprint density at radius 1 is 1.03 bits per heavy atom. The first-order chi connectivity index (χ1) is 13.8. The zero-order valence-corrected chi connectivity index (χ0v) is 18.4. The molecule has 1 atom stereocenters. The predicted molar refractivity (Wildman–Crippen MR) is 115 cm³/mol. The number of nitrogens with zero attached hydrogens (tertiary/aromatic N) is 1. The van der Waals surface area contributed by atoms with Crippen molar-refractivity contribution in [1.29, 1.82) is 0 Å². The van der Waals surface area contributed by atoms with Gasteiger partial charge in [0, 0.05) is 39.3 Å². The third-order valence-corrected chi connectivity index (χ3v) is 5.56. The molecule has 1 N–H and O–H groups in total. The van der Waals surface area contributed by atoms with Crippen molar-refractivity contribution < 1.29 is 14.0 Å². The number of halogens is 4. The smallest absolute Gasteiger partial charge is 0.242 e. The van der Waals surface area contributed by atoms with Crippen molar-refractivity contribution in [2.24, 2.45) is 0 Å². The Morgan fingerprint density at radius 2 is 1.59 bits per heavy atom. The molecule has 0 saturated carbocycles. The monoisotopic (exact) mass is 458 g/mol. The topological polar surface area (TPSA) is 49.4 Å². The summed E-state index contributed by atoms with van der Waals surface area (Å²) in [6.45, 7) is 4.02. The van der Waals surface area contributed by atoms with Crippen molar-refractivity contribution in [2.45, 2.75) is 39.3 Å². The lowest BCUT2D eigenvalue weighted by molar-refractivity contribution is -0.140. The maximum absolute atomic E-state index is 14.2. The van der Waals surface area contributed by atoms with E-state index in [-0.39, 0.29) is 29.5 Å². The highest BCUT2D eigenvalue weighted by atomic mass is 35.5. The number of rotatable bonds is 8. The molecule has 2 aromatic carbocycles. The number of nitrogens with one attached hydrogen (secondary N) is 1. The number of carbonyl (C=O) groups excluding carboxylic acids is 2. The van der Waals surface area contributed by atoms with Gasteiger partial charge in [-0.15, -0.1) is 0 Å². The molecule has 2 rings (SSSR count). The van der Waals surface area contributed by atoms with Crippen molar-refractivity contribution in [2.75, 3.05) is 6.54 Å². The summed E-state index contributed by atoms with van der Waals surface area (Å²) in [5, 5.41) is 3.67. The van der Waals surface area contributed by atoms with E-state index in [0.717, 1.165) is 6.42 Å². The van der Waals surface area contributed by atoms with Gasteiger partial charge in [-0.1, -0.05) is 53.9 Å². The van der Waals surface area contributed by atoms with Gasteiger partial charge in [-0.3, -0.25) is 9.59 Å². The van der Waals surface area contributed by atoms with Gasteiger partial charge >= 0.3 is 0 Å². The molecule has 0 aliphatic carbocycles. The SMILES string of the molecule is CCCNC(=O)[C@H](C)N(Cc1c(Cl)cccc1Cl)C(=O)Cc1c(F)cccc1Cl. The average molecular weight is 460 g/mol. The molecule has 2 amide bonds. The quantitative estimate of drug-likeness (QED) is 0.584. The molecular weight excluding hydrogens is 438 g/mol. The molecule has 0 heterocycles. The zero-order valence-electron chi connectivity index (χ0n) is 16.1. The van der Waals surface area contributed by atoms with Crippen LogP contribution >= 0.6 is 34.8 Å². The maximum Gasteiger partial charge on any atom is 0.242 e. The molecule has 29 heavy (non-hydrogen) atoms. The Kier molecular flexibility index (Phi) is 8.75. The van der Waals surface area contributed by atoms with Crippen LogP contribution in [0.2, 0.25) is 15.1 Å². The van der Waals surface area contributed by atoms with E-state index in [1.54, 1.807) is 25.1 Å². The van der Waals surface area contributed by atoms with Crippen LogP contribution in [0, 0.1) is 5.82 Å². The molecule has 0 bridgehead atoms. The number of amides is 2. The van der Waals surface area contributed by atoms with E-state index in [2.05, 4.69) is 5.32 Å². The summed E-state index contributed by atoms with van der Waals surface area (Å²) >= 11 is 18.6. The summed E-state index contributed by atoms with van der Waals surface area (Å²) in [7, 11) is 0. The van der Waals surface area contributed by atoms with Gasteiger partial charge in [0.15, 0.2) is 0 Å². The molecule has 0 aromatic heterocycles. The molecule has 0 unspecified atom stereocenters. The summed E-state index contributed by atoms with van der Waals surface area (Å²) in [5.41, 5.74) is 0.592. The first kappa shape index (κ1) is 23.5. The summed E-state index contributed by atoms with van der Waals surface area (Å²) in [6, 6.07) is 8.40. The van der Waals surface area contributed by atoms with Crippen LogP contribution in [0.15, 0.2) is 36.4 Å². The fourth-order valence-corrected chi connectivity index (χ4v) is 3.53. The van der Waals surface area contributed by atoms with Crippen molar-refractivity contribution in [1.82, 2.24) is 10.2 Å². The van der Waals surface area contributed by atoms with Crippen LogP contribution in [0.1, 0.15) is 31.4 Å². The lowest BCUT2D eigenvalue weighted by atomic mass is 10.1. The van der Waals surface area contributed by atoms with Crippen LogP contribution in [-0.2, 0) is 22.6 Å². The number of hydrogen-bond acceptors (Lipinski definition) is 2. The minimum Gasteiger partial charge on any atom is -0.354 e. The highest BCUT2D eigenvalue weighted by Crippen LogP contribution is 2.27. The van der Waals surface area contributed by atoms with Crippen molar-refractivity contribution >= 4 is 46.6 Å². The van der Waals surface area contributed by atoms with Crippen LogP contribution < -0.4 is 5.32 Å². The van der Waals surface area contributed by atoms with Crippen LogP contribution in [-0.4, -0.2) is 29.3 Å². The van der Waals surface area contributed by atoms with E-state index in [1.807, 2.05) is 6.92 Å². The fraction of sp³-hybridized carbons (Fsp3) is 0.333. The molecule has 8 heteroatoms. The predicted octanol–water partition coefficient (Wildman–Crippen LogP) is 5.27. The molecule has 156 valence electrons. The molecule has 0 saturated heterocycles. The zero-order chi connectivity index (χ0) is 21.6. The Morgan fingerprint density at radius 3 is 2.14 bits per heavy atom. The molecule has 0 spiro atoms. The van der Waals surface area contributed by atoms with Gasteiger partial charge in [-0.2, -0.15) is 0 Å². The van der Waals surface area contributed by atoms with Crippen LogP contribution in [0.25, 0.3) is 0 Å². The minimum absolute atomic E-state index is 0.00409. The number of hydrogen-bond donors (Lipinski definition) is 1. The van der Waals surface area contributed by atoms with Crippen molar-refractivity contribution in [3.8, 4) is 0 Å². The third kappa shape index (κ3) is 6.08. The van der Waals surface area contributed by atoms with Gasteiger partial charge in [-0.05, 0) is 37.6 Å². The van der Waals surface area contributed by atoms with E-state index in [9.17, 15) is 14.0 Å². The largest absolute Gasteiger partial charge is 0.354 e. The molecule has 0 radical (unpaired) electrons. The summed E-state index contributed by atoms with van der Waals surface area (Å²) in [5.74, 6) is -1.36. The Labute approximate surface area is 184 Å². The first-order valence-electron chi connectivity index (χ1n) is 9.19. The minimum atomic E-state index is -0.813. The number of benzene rings is 2. The third-order valence-electron chi connectivity index (χ3n) is 4.50. The molecule has 0 fully saturated rings. The normalized spacial score (nSPS) is 11.8. The molecule has 0 aliphatic heterocycles. The van der Waals surface area contributed by atoms with Crippen molar-refractivity contribution in [3.05, 3.63) is 68.4 Å². The maximum atomic E-state index is 14.2. The molecule has 2 aromatic rings. The average Bonchev–Trinajstić information content (AvgIpc) is 2.68. The highest BCUT2D eigenvalue weighted by Gasteiger charge is 2.28.